The van der Waals surface area contributed by atoms with E-state index in [2.05, 4.69) is 15.4 Å². The van der Waals surface area contributed by atoms with Gasteiger partial charge in [0.2, 0.25) is 5.91 Å². The maximum atomic E-state index is 14.1. The Kier molecular flexibility index (Phi) is 9.05. The molecule has 0 saturated heterocycles. The van der Waals surface area contributed by atoms with E-state index >= 15 is 0 Å². The average Bonchev–Trinajstić information content (AvgIpc) is 2.95. The van der Waals surface area contributed by atoms with Crippen molar-refractivity contribution in [3.8, 4) is 22.9 Å². The van der Waals surface area contributed by atoms with Crippen molar-refractivity contribution in [2.75, 3.05) is 29.7 Å². The number of nitriles is 1. The third-order valence-corrected chi connectivity index (χ3v) is 6.12. The SMILES string of the molecule is COC(=O)Nc1ccc(-c2cc(O)c(C(=N)C(=O)Nc3ccc(C#N)cc3C(=O)O)cc2N(C)C(C)=O)c(C(F)(F)F)c1.[HH]. The summed E-state index contributed by atoms with van der Waals surface area (Å²) in [6.45, 7) is 1.11. The Balaban J connectivity index is 0.00000675. The molecule has 0 aliphatic heterocycles. The molecule has 12 nitrogen and oxygen atoms in total. The molecule has 0 radical (unpaired) electrons. The summed E-state index contributed by atoms with van der Waals surface area (Å²) >= 11 is 0. The highest BCUT2D eigenvalue weighted by atomic mass is 19.4. The molecule has 0 fully saturated rings. The van der Waals surface area contributed by atoms with E-state index in [4.69, 9.17) is 10.7 Å². The summed E-state index contributed by atoms with van der Waals surface area (Å²) in [5.41, 5.74) is -4.69. The minimum absolute atomic E-state index is 0. The van der Waals surface area contributed by atoms with Gasteiger partial charge in [-0.3, -0.25) is 20.3 Å². The van der Waals surface area contributed by atoms with Gasteiger partial charge in [0.15, 0.2) is 0 Å². The fourth-order valence-electron chi connectivity index (χ4n) is 3.91. The zero-order valence-corrected chi connectivity index (χ0v) is 22.6. The van der Waals surface area contributed by atoms with Gasteiger partial charge in [-0.1, -0.05) is 6.07 Å². The molecule has 3 rings (SSSR count). The molecule has 0 unspecified atom stereocenters. The summed E-state index contributed by atoms with van der Waals surface area (Å²) in [4.78, 5) is 49.3. The molecule has 0 aromatic heterocycles. The summed E-state index contributed by atoms with van der Waals surface area (Å²) in [6.07, 6.45) is -5.99. The number of phenolic OH excluding ortho intramolecular Hbond substituents is 1. The first-order valence-corrected chi connectivity index (χ1v) is 11.9. The first-order valence-electron chi connectivity index (χ1n) is 11.9. The van der Waals surface area contributed by atoms with Crippen LogP contribution in [-0.4, -0.2) is 54.0 Å². The van der Waals surface area contributed by atoms with Crippen LogP contribution < -0.4 is 15.5 Å². The van der Waals surface area contributed by atoms with Crippen molar-refractivity contribution >= 4 is 46.7 Å². The molecule has 0 aliphatic rings. The number of ether oxygens (including phenoxy) is 1. The number of carbonyl (C=O) groups is 4. The van der Waals surface area contributed by atoms with Crippen molar-refractivity contribution in [1.29, 1.82) is 10.7 Å². The van der Waals surface area contributed by atoms with Crippen LogP contribution in [0.15, 0.2) is 48.5 Å². The quantitative estimate of drug-likeness (QED) is 0.233. The number of aromatic carboxylic acids is 1. The number of nitrogens with one attached hydrogen (secondary N) is 3. The van der Waals surface area contributed by atoms with Gasteiger partial charge in [0.1, 0.15) is 11.5 Å². The summed E-state index contributed by atoms with van der Waals surface area (Å²) in [5, 5.41) is 41.9. The largest absolute Gasteiger partial charge is 0.507 e. The standard InChI is InChI=1S/C28H22F3N5O7.H2/c1-13(37)36(2)22-10-19(24(33)25(39)35-21-7-4-14(12-32)8-18(21)26(40)41)23(38)11-17(22)16-6-5-15(34-27(42)43-3)9-20(16)28(29,30)31;/h4-11,33,38H,1-3H3,(H,34,42)(H,35,39)(H,40,41);1H. The number of methoxy groups -OCH3 is 1. The van der Waals surface area contributed by atoms with Crippen LogP contribution in [0.3, 0.4) is 0 Å². The van der Waals surface area contributed by atoms with Gasteiger partial charge in [-0.25, -0.2) is 9.59 Å². The van der Waals surface area contributed by atoms with Gasteiger partial charge in [-0.05, 0) is 48.0 Å². The summed E-state index contributed by atoms with van der Waals surface area (Å²) in [7, 11) is 2.25. The number of phenols is 1. The number of nitrogens with zero attached hydrogens (tertiary/aromatic N) is 2. The maximum absolute atomic E-state index is 14.1. The van der Waals surface area contributed by atoms with Crippen molar-refractivity contribution in [3.05, 3.63) is 70.8 Å². The van der Waals surface area contributed by atoms with Gasteiger partial charge in [-0.2, -0.15) is 18.4 Å². The number of carboxylic acid groups (broad SMARTS) is 1. The van der Waals surface area contributed by atoms with Crippen LogP contribution >= 0.6 is 0 Å². The molecule has 224 valence electrons. The van der Waals surface area contributed by atoms with E-state index < -0.39 is 63.8 Å². The average molecular weight is 600 g/mol. The molecular formula is C28H24F3N5O7. The molecule has 5 N–H and O–H groups in total. The van der Waals surface area contributed by atoms with E-state index in [1.165, 1.54) is 13.1 Å². The number of alkyl halides is 3. The second-order valence-corrected chi connectivity index (χ2v) is 8.85. The van der Waals surface area contributed by atoms with E-state index in [1.54, 1.807) is 6.07 Å². The Morgan fingerprint density at radius 1 is 1.02 bits per heavy atom. The normalized spacial score (nSPS) is 10.7. The van der Waals surface area contributed by atoms with Crippen molar-refractivity contribution in [2.45, 2.75) is 13.1 Å². The molecule has 0 spiro atoms. The Labute approximate surface area is 242 Å². The fourth-order valence-corrected chi connectivity index (χ4v) is 3.91. The van der Waals surface area contributed by atoms with Crippen LogP contribution in [-0.2, 0) is 20.5 Å². The van der Waals surface area contributed by atoms with Gasteiger partial charge in [-0.15, -0.1) is 0 Å². The highest BCUT2D eigenvalue weighted by molar-refractivity contribution is 6.48. The molecule has 0 aliphatic carbocycles. The third kappa shape index (κ3) is 6.88. The predicted molar refractivity (Wildman–Crippen MR) is 149 cm³/mol. The minimum atomic E-state index is -4.97. The number of benzene rings is 3. The first-order chi connectivity index (χ1) is 20.1. The lowest BCUT2D eigenvalue weighted by molar-refractivity contribution is -0.137. The number of aromatic hydroxyl groups is 1. The minimum Gasteiger partial charge on any atom is -0.507 e. The Bertz CT molecular complexity index is 1720. The number of hydrogen-bond acceptors (Lipinski definition) is 8. The van der Waals surface area contributed by atoms with Crippen molar-refractivity contribution in [1.82, 2.24) is 0 Å². The van der Waals surface area contributed by atoms with Crippen molar-refractivity contribution in [2.24, 2.45) is 0 Å². The molecule has 43 heavy (non-hydrogen) atoms. The lowest BCUT2D eigenvalue weighted by Crippen LogP contribution is -2.26. The van der Waals surface area contributed by atoms with E-state index in [0.717, 1.165) is 55.3 Å². The van der Waals surface area contributed by atoms with Crippen LogP contribution in [0.4, 0.5) is 35.0 Å². The number of carboxylic acids is 1. The topological polar surface area (TPSA) is 193 Å². The molecule has 3 aromatic carbocycles. The van der Waals surface area contributed by atoms with Crippen LogP contribution in [0.5, 0.6) is 5.75 Å². The highest BCUT2D eigenvalue weighted by Gasteiger charge is 2.35. The number of carbonyl (C=O) groups excluding carboxylic acids is 3. The van der Waals surface area contributed by atoms with Gasteiger partial charge < -0.3 is 25.2 Å². The Hall–Kier alpha value is -5.91. The number of amides is 3. The van der Waals surface area contributed by atoms with Gasteiger partial charge in [0.25, 0.3) is 5.91 Å². The van der Waals surface area contributed by atoms with Gasteiger partial charge in [0, 0.05) is 32.2 Å². The zero-order chi connectivity index (χ0) is 32.2. The second-order valence-electron chi connectivity index (χ2n) is 8.85. The number of halogens is 3. The molecular weight excluding hydrogens is 575 g/mol. The lowest BCUT2D eigenvalue weighted by Gasteiger charge is -2.23. The van der Waals surface area contributed by atoms with Crippen LogP contribution in [0.1, 0.15) is 35.4 Å². The number of hydrogen-bond donors (Lipinski definition) is 5. The molecule has 0 heterocycles. The Morgan fingerprint density at radius 3 is 2.26 bits per heavy atom. The van der Waals surface area contributed by atoms with E-state index in [1.807, 2.05) is 0 Å². The smallest absolute Gasteiger partial charge is 0.417 e. The van der Waals surface area contributed by atoms with Gasteiger partial charge in [0.05, 0.1) is 41.2 Å². The second kappa shape index (κ2) is 12.3. The lowest BCUT2D eigenvalue weighted by atomic mass is 9.93. The van der Waals surface area contributed by atoms with Crippen LogP contribution in [0, 0.1) is 16.7 Å². The molecule has 0 saturated carbocycles. The zero-order valence-electron chi connectivity index (χ0n) is 22.6. The predicted octanol–water partition coefficient (Wildman–Crippen LogP) is 5.06. The number of anilines is 3. The molecule has 0 atom stereocenters. The highest BCUT2D eigenvalue weighted by Crippen LogP contribution is 2.44. The van der Waals surface area contributed by atoms with Gasteiger partial charge >= 0.3 is 18.2 Å². The van der Waals surface area contributed by atoms with E-state index in [0.29, 0.717) is 6.07 Å². The molecule has 3 aromatic rings. The number of rotatable bonds is 7. The maximum Gasteiger partial charge on any atom is 0.417 e. The third-order valence-electron chi connectivity index (χ3n) is 6.12. The molecule has 15 heteroatoms. The summed E-state index contributed by atoms with van der Waals surface area (Å²) in [5.74, 6) is -4.14. The van der Waals surface area contributed by atoms with Crippen LogP contribution in [0.2, 0.25) is 0 Å². The fraction of sp³-hybridized carbons (Fsp3) is 0.143. The monoisotopic (exact) mass is 599 g/mol. The first kappa shape index (κ1) is 31.6. The van der Waals surface area contributed by atoms with Crippen molar-refractivity contribution < 1.29 is 48.7 Å². The molecule has 0 bridgehead atoms. The van der Waals surface area contributed by atoms with Crippen LogP contribution in [0.25, 0.3) is 11.1 Å². The Morgan fingerprint density at radius 2 is 1.70 bits per heavy atom. The van der Waals surface area contributed by atoms with E-state index in [9.17, 15) is 42.6 Å². The van der Waals surface area contributed by atoms with E-state index in [-0.39, 0.29) is 29.6 Å². The molecule has 3 amide bonds. The summed E-state index contributed by atoms with van der Waals surface area (Å²) in [6, 6.07) is 9.67. The summed E-state index contributed by atoms with van der Waals surface area (Å²) < 4.78 is 46.9. The van der Waals surface area contributed by atoms with Crippen molar-refractivity contribution in [3.63, 3.8) is 0 Å².